The Kier molecular flexibility index (Phi) is 3.91. The van der Waals surface area contributed by atoms with Crippen molar-refractivity contribution in [1.82, 2.24) is 0 Å². The number of ketones is 1. The Hall–Kier alpha value is -3.35. The van der Waals surface area contributed by atoms with Crippen LogP contribution in [0.4, 0.5) is 5.69 Å². The number of nitrogens with zero attached hydrogens (tertiary/aromatic N) is 1. The maximum absolute atomic E-state index is 12.6. The quantitative estimate of drug-likeness (QED) is 0.528. The van der Waals surface area contributed by atoms with Gasteiger partial charge >= 0.3 is 5.69 Å². The average molecular weight is 327 g/mol. The molecule has 1 N–H and O–H groups in total. The number of carbonyl (C=O) groups is 1. The fourth-order valence-corrected chi connectivity index (χ4v) is 2.42. The fourth-order valence-electron chi connectivity index (χ4n) is 2.42. The van der Waals surface area contributed by atoms with Crippen molar-refractivity contribution in [2.24, 2.45) is 0 Å². The van der Waals surface area contributed by atoms with Gasteiger partial charge in [-0.3, -0.25) is 14.9 Å². The van der Waals surface area contributed by atoms with Gasteiger partial charge in [-0.15, -0.1) is 0 Å². The van der Waals surface area contributed by atoms with E-state index >= 15 is 0 Å². The average Bonchev–Trinajstić information content (AvgIpc) is 2.58. The standard InChI is InChI=1S/C17H13NO6/c1-23-12-3-5-16-13(8-12)17(20)11(9-24-16)6-10-2-4-15(19)14(7-10)18(21)22/h2-8,19H,9H2,1H3/b11-6+. The Morgan fingerprint density at radius 3 is 2.79 bits per heavy atom. The molecule has 7 heteroatoms. The second-order valence-electron chi connectivity index (χ2n) is 5.15. The van der Waals surface area contributed by atoms with Crippen molar-refractivity contribution in [3.63, 3.8) is 0 Å². The van der Waals surface area contributed by atoms with Gasteiger partial charge in [0, 0.05) is 11.6 Å². The Morgan fingerprint density at radius 1 is 1.29 bits per heavy atom. The predicted molar refractivity (Wildman–Crippen MR) is 85.6 cm³/mol. The van der Waals surface area contributed by atoms with Crippen molar-refractivity contribution in [2.45, 2.75) is 0 Å². The van der Waals surface area contributed by atoms with Gasteiger partial charge < -0.3 is 14.6 Å². The first-order chi connectivity index (χ1) is 11.5. The number of aromatic hydroxyl groups is 1. The third-order valence-electron chi connectivity index (χ3n) is 3.64. The number of rotatable bonds is 3. The number of nitro benzene ring substituents is 1. The van der Waals surface area contributed by atoms with Gasteiger partial charge in [0.25, 0.3) is 0 Å². The maximum Gasteiger partial charge on any atom is 0.311 e. The monoisotopic (exact) mass is 327 g/mol. The molecule has 0 saturated heterocycles. The van der Waals surface area contributed by atoms with Gasteiger partial charge in [-0.1, -0.05) is 6.07 Å². The van der Waals surface area contributed by atoms with Crippen molar-refractivity contribution in [3.8, 4) is 17.2 Å². The lowest BCUT2D eigenvalue weighted by Crippen LogP contribution is -2.19. The van der Waals surface area contributed by atoms with Gasteiger partial charge in [0.2, 0.25) is 0 Å². The molecule has 1 aliphatic heterocycles. The molecule has 0 saturated carbocycles. The first-order valence-corrected chi connectivity index (χ1v) is 7.03. The van der Waals surface area contributed by atoms with E-state index in [0.29, 0.717) is 28.2 Å². The van der Waals surface area contributed by atoms with Crippen LogP contribution in [-0.2, 0) is 0 Å². The van der Waals surface area contributed by atoms with Crippen LogP contribution in [0.5, 0.6) is 17.2 Å². The van der Waals surface area contributed by atoms with Crippen LogP contribution in [0.25, 0.3) is 6.08 Å². The molecule has 0 bridgehead atoms. The molecule has 0 atom stereocenters. The summed E-state index contributed by atoms with van der Waals surface area (Å²) in [5.74, 6) is 0.344. The highest BCUT2D eigenvalue weighted by atomic mass is 16.6. The number of hydrogen-bond acceptors (Lipinski definition) is 6. The number of phenolic OH excluding ortho intramolecular Hbond substituents is 1. The van der Waals surface area contributed by atoms with E-state index in [2.05, 4.69) is 0 Å². The lowest BCUT2D eigenvalue weighted by molar-refractivity contribution is -0.385. The summed E-state index contributed by atoms with van der Waals surface area (Å²) in [4.78, 5) is 22.8. The molecule has 0 aromatic heterocycles. The molecular weight excluding hydrogens is 314 g/mol. The molecule has 1 heterocycles. The number of fused-ring (bicyclic) bond motifs is 1. The number of methoxy groups -OCH3 is 1. The number of phenols is 1. The van der Waals surface area contributed by atoms with E-state index < -0.39 is 16.4 Å². The van der Waals surface area contributed by atoms with Crippen molar-refractivity contribution < 1.29 is 24.3 Å². The summed E-state index contributed by atoms with van der Waals surface area (Å²) >= 11 is 0. The van der Waals surface area contributed by atoms with E-state index in [-0.39, 0.29) is 12.4 Å². The van der Waals surface area contributed by atoms with Crippen molar-refractivity contribution >= 4 is 17.5 Å². The number of Topliss-reactive ketones (excluding diaryl/α,β-unsaturated/α-hetero) is 1. The normalized spacial score (nSPS) is 14.9. The van der Waals surface area contributed by atoms with Crippen molar-refractivity contribution in [1.29, 1.82) is 0 Å². The zero-order valence-corrected chi connectivity index (χ0v) is 12.7. The van der Waals surface area contributed by atoms with Crippen molar-refractivity contribution in [3.05, 3.63) is 63.2 Å². The van der Waals surface area contributed by atoms with E-state index in [1.807, 2.05) is 0 Å². The minimum Gasteiger partial charge on any atom is -0.502 e. The van der Waals surface area contributed by atoms with Crippen LogP contribution in [0.15, 0.2) is 42.0 Å². The minimum absolute atomic E-state index is 0.0623. The Bertz CT molecular complexity index is 871. The number of ether oxygens (including phenoxy) is 2. The lowest BCUT2D eigenvalue weighted by Gasteiger charge is -2.19. The van der Waals surface area contributed by atoms with E-state index in [1.165, 1.54) is 31.4 Å². The molecule has 2 aromatic carbocycles. The molecule has 0 fully saturated rings. The molecule has 0 radical (unpaired) electrons. The van der Waals surface area contributed by atoms with Gasteiger partial charge in [-0.25, -0.2) is 0 Å². The first kappa shape index (κ1) is 15.5. The van der Waals surface area contributed by atoms with Crippen LogP contribution in [0, 0.1) is 10.1 Å². The third kappa shape index (κ3) is 2.79. The van der Waals surface area contributed by atoms with E-state index in [9.17, 15) is 20.0 Å². The van der Waals surface area contributed by atoms with Crippen LogP contribution in [0.1, 0.15) is 15.9 Å². The smallest absolute Gasteiger partial charge is 0.311 e. The molecule has 0 spiro atoms. The molecular formula is C17H13NO6. The summed E-state index contributed by atoms with van der Waals surface area (Å²) in [6.07, 6.45) is 1.51. The molecule has 3 rings (SSSR count). The van der Waals surface area contributed by atoms with Crippen LogP contribution in [0.3, 0.4) is 0 Å². The summed E-state index contributed by atoms with van der Waals surface area (Å²) in [6, 6.07) is 8.86. The van der Waals surface area contributed by atoms with Crippen molar-refractivity contribution in [2.75, 3.05) is 13.7 Å². The highest BCUT2D eigenvalue weighted by Gasteiger charge is 2.24. The number of nitro groups is 1. The number of carbonyl (C=O) groups excluding carboxylic acids is 1. The SMILES string of the molecule is COc1ccc2c(c1)C(=O)/C(=C/c1ccc(O)c([N+](=O)[O-])c1)CO2. The van der Waals surface area contributed by atoms with Crippen LogP contribution in [0.2, 0.25) is 0 Å². The predicted octanol–water partition coefficient (Wildman–Crippen LogP) is 2.97. The Labute approximate surface area is 136 Å². The zero-order chi connectivity index (χ0) is 17.3. The zero-order valence-electron chi connectivity index (χ0n) is 12.7. The third-order valence-corrected chi connectivity index (χ3v) is 3.64. The van der Waals surface area contributed by atoms with Gasteiger partial charge in [-0.05, 0) is 35.9 Å². The van der Waals surface area contributed by atoms with Gasteiger partial charge in [0.15, 0.2) is 11.5 Å². The summed E-state index contributed by atoms with van der Waals surface area (Å²) < 4.78 is 10.7. The van der Waals surface area contributed by atoms with Gasteiger partial charge in [0.05, 0.1) is 17.6 Å². The fraction of sp³-hybridized carbons (Fsp3) is 0.118. The largest absolute Gasteiger partial charge is 0.502 e. The lowest BCUT2D eigenvalue weighted by atomic mass is 9.98. The summed E-state index contributed by atoms with van der Waals surface area (Å²) in [7, 11) is 1.50. The number of benzene rings is 2. The molecule has 1 aliphatic rings. The Morgan fingerprint density at radius 2 is 2.08 bits per heavy atom. The first-order valence-electron chi connectivity index (χ1n) is 7.03. The van der Waals surface area contributed by atoms with Crippen LogP contribution < -0.4 is 9.47 Å². The van der Waals surface area contributed by atoms with Gasteiger partial charge in [0.1, 0.15) is 18.1 Å². The molecule has 7 nitrogen and oxygen atoms in total. The number of hydrogen-bond donors (Lipinski definition) is 1. The molecule has 24 heavy (non-hydrogen) atoms. The Balaban J connectivity index is 1.98. The summed E-state index contributed by atoms with van der Waals surface area (Å²) in [5, 5.41) is 20.4. The highest BCUT2D eigenvalue weighted by Crippen LogP contribution is 2.32. The molecule has 0 amide bonds. The van der Waals surface area contributed by atoms with E-state index in [4.69, 9.17) is 9.47 Å². The van der Waals surface area contributed by atoms with Crippen LogP contribution in [-0.4, -0.2) is 29.5 Å². The van der Waals surface area contributed by atoms with E-state index in [0.717, 1.165) is 0 Å². The topological polar surface area (TPSA) is 98.9 Å². The molecule has 2 aromatic rings. The van der Waals surface area contributed by atoms with E-state index in [1.54, 1.807) is 18.2 Å². The molecule has 0 unspecified atom stereocenters. The highest BCUT2D eigenvalue weighted by molar-refractivity contribution is 6.14. The summed E-state index contributed by atoms with van der Waals surface area (Å²) in [5.41, 5.74) is 0.740. The molecule has 0 aliphatic carbocycles. The maximum atomic E-state index is 12.6. The summed E-state index contributed by atoms with van der Waals surface area (Å²) in [6.45, 7) is 0.0623. The second-order valence-corrected chi connectivity index (χ2v) is 5.15. The minimum atomic E-state index is -0.684. The molecule has 122 valence electrons. The second kappa shape index (κ2) is 6.04. The van der Waals surface area contributed by atoms with Crippen LogP contribution >= 0.6 is 0 Å². The van der Waals surface area contributed by atoms with Gasteiger partial charge in [-0.2, -0.15) is 0 Å².